The van der Waals surface area contributed by atoms with Crippen LogP contribution in [-0.2, 0) is 13.1 Å². The molecule has 4 heteroatoms. The second-order valence-electron chi connectivity index (χ2n) is 8.34. The van der Waals surface area contributed by atoms with E-state index in [-0.39, 0.29) is 0 Å². The third kappa shape index (κ3) is 5.01. The molecule has 0 radical (unpaired) electrons. The first kappa shape index (κ1) is 21.2. The topological polar surface area (TPSA) is 50.1 Å². The molecule has 4 rings (SSSR count). The zero-order valence-electron chi connectivity index (χ0n) is 18.5. The van der Waals surface area contributed by atoms with E-state index in [0.29, 0.717) is 12.3 Å². The Morgan fingerprint density at radius 2 is 1.58 bits per heavy atom. The third-order valence-corrected chi connectivity index (χ3v) is 6.08. The predicted octanol–water partition coefficient (Wildman–Crippen LogP) is 7.26. The highest BCUT2D eigenvalue weighted by molar-refractivity contribution is 5.88. The van der Waals surface area contributed by atoms with Crippen molar-refractivity contribution >= 4 is 27.8 Å². The Balaban J connectivity index is 1.49. The van der Waals surface area contributed by atoms with E-state index in [1.54, 1.807) is 6.07 Å². The van der Waals surface area contributed by atoms with Crippen LogP contribution in [0, 0.1) is 0 Å². The number of phenols is 1. The summed E-state index contributed by atoms with van der Waals surface area (Å²) in [6.45, 7) is 3.75. The number of aryl methyl sites for hydroxylation is 1. The lowest BCUT2D eigenvalue weighted by atomic mass is 10.0. The van der Waals surface area contributed by atoms with E-state index in [4.69, 9.17) is 4.98 Å². The first-order chi connectivity index (χ1) is 15.3. The van der Waals surface area contributed by atoms with E-state index in [1.807, 2.05) is 24.3 Å². The minimum absolute atomic E-state index is 0.320. The Morgan fingerprint density at radius 3 is 2.45 bits per heavy atom. The molecule has 162 valence electrons. The number of imidazole rings is 1. The van der Waals surface area contributed by atoms with E-state index in [1.165, 1.54) is 38.5 Å². The normalized spacial score (nSPS) is 11.4. The van der Waals surface area contributed by atoms with Crippen LogP contribution in [0.2, 0.25) is 0 Å². The summed E-state index contributed by atoms with van der Waals surface area (Å²) in [6.07, 6.45) is 9.04. The number of hydrogen-bond donors (Lipinski definition) is 2. The molecular weight excluding hydrogens is 382 g/mol. The van der Waals surface area contributed by atoms with Crippen LogP contribution in [0.5, 0.6) is 5.75 Å². The van der Waals surface area contributed by atoms with E-state index < -0.39 is 0 Å². The summed E-state index contributed by atoms with van der Waals surface area (Å²) < 4.78 is 2.30. The number of nitrogens with zero attached hydrogens (tertiary/aromatic N) is 2. The lowest BCUT2D eigenvalue weighted by molar-refractivity contribution is 0.470. The minimum atomic E-state index is 0.320. The van der Waals surface area contributed by atoms with Crippen LogP contribution in [-0.4, -0.2) is 14.7 Å². The van der Waals surface area contributed by atoms with Crippen LogP contribution in [0.3, 0.4) is 0 Å². The van der Waals surface area contributed by atoms with Crippen molar-refractivity contribution in [2.75, 3.05) is 5.32 Å². The van der Waals surface area contributed by atoms with Crippen LogP contribution in [0.25, 0.3) is 21.8 Å². The molecule has 1 aromatic heterocycles. The van der Waals surface area contributed by atoms with Gasteiger partial charge >= 0.3 is 0 Å². The fraction of sp³-hybridized carbons (Fsp3) is 0.370. The molecule has 0 spiro atoms. The average Bonchev–Trinajstić information content (AvgIpc) is 3.15. The second-order valence-corrected chi connectivity index (χ2v) is 8.34. The molecule has 0 saturated carbocycles. The molecule has 31 heavy (non-hydrogen) atoms. The van der Waals surface area contributed by atoms with Gasteiger partial charge in [-0.3, -0.25) is 0 Å². The van der Waals surface area contributed by atoms with Gasteiger partial charge in [-0.05, 0) is 35.4 Å². The Kier molecular flexibility index (Phi) is 7.08. The number of anilines is 1. The molecule has 0 unspecified atom stereocenters. The van der Waals surface area contributed by atoms with Crippen LogP contribution < -0.4 is 5.32 Å². The van der Waals surface area contributed by atoms with Gasteiger partial charge in [0.1, 0.15) is 5.75 Å². The van der Waals surface area contributed by atoms with Gasteiger partial charge in [0.05, 0.1) is 11.0 Å². The fourth-order valence-corrected chi connectivity index (χ4v) is 4.34. The van der Waals surface area contributed by atoms with Gasteiger partial charge in [0.2, 0.25) is 5.95 Å². The minimum Gasteiger partial charge on any atom is -0.508 e. The Bertz CT molecular complexity index is 1130. The van der Waals surface area contributed by atoms with Gasteiger partial charge in [0, 0.05) is 18.7 Å². The molecule has 0 aliphatic rings. The number of fused-ring (bicyclic) bond motifs is 2. The van der Waals surface area contributed by atoms with Gasteiger partial charge in [-0.1, -0.05) is 87.9 Å². The van der Waals surface area contributed by atoms with Gasteiger partial charge in [-0.2, -0.15) is 0 Å². The largest absolute Gasteiger partial charge is 0.508 e. The molecule has 4 nitrogen and oxygen atoms in total. The summed E-state index contributed by atoms with van der Waals surface area (Å²) in [5.74, 6) is 1.19. The number of aromatic nitrogens is 2. The maximum atomic E-state index is 10.5. The molecule has 1 heterocycles. The maximum Gasteiger partial charge on any atom is 0.204 e. The number of unbranched alkanes of at least 4 members (excludes halogenated alkanes) is 6. The summed E-state index contributed by atoms with van der Waals surface area (Å²) in [5.41, 5.74) is 3.08. The quantitative estimate of drug-likeness (QED) is 0.253. The molecule has 0 amide bonds. The molecule has 0 fully saturated rings. The van der Waals surface area contributed by atoms with Crippen molar-refractivity contribution in [2.24, 2.45) is 0 Å². The third-order valence-electron chi connectivity index (χ3n) is 6.08. The van der Waals surface area contributed by atoms with Crippen molar-refractivity contribution in [1.29, 1.82) is 0 Å². The van der Waals surface area contributed by atoms with Crippen molar-refractivity contribution in [3.63, 3.8) is 0 Å². The molecule has 0 aliphatic carbocycles. The molecule has 0 aliphatic heterocycles. The van der Waals surface area contributed by atoms with Crippen LogP contribution in [0.4, 0.5) is 5.95 Å². The number of hydrogen-bond acceptors (Lipinski definition) is 3. The standard InChI is InChI=1S/C27H33N3O/c1-2-3-4-5-6-7-12-19-30-25-16-11-10-15-24(25)29-27(30)28-20-23-22-14-9-8-13-21(22)17-18-26(23)31/h8-11,13-18,31H,2-7,12,19-20H2,1H3,(H,28,29). The summed E-state index contributed by atoms with van der Waals surface area (Å²) >= 11 is 0. The number of para-hydroxylation sites is 2. The van der Waals surface area contributed by atoms with Crippen LogP contribution in [0.1, 0.15) is 57.4 Å². The Labute approximate surface area is 184 Å². The van der Waals surface area contributed by atoms with Gasteiger partial charge in [0.25, 0.3) is 0 Å². The molecule has 3 aromatic carbocycles. The van der Waals surface area contributed by atoms with Crippen molar-refractivity contribution in [3.05, 3.63) is 66.2 Å². The molecule has 4 aromatic rings. The van der Waals surface area contributed by atoms with Crippen molar-refractivity contribution in [2.45, 2.75) is 65.0 Å². The van der Waals surface area contributed by atoms with E-state index in [0.717, 1.165) is 46.3 Å². The maximum absolute atomic E-state index is 10.5. The van der Waals surface area contributed by atoms with Gasteiger partial charge < -0.3 is 15.0 Å². The van der Waals surface area contributed by atoms with Crippen molar-refractivity contribution in [1.82, 2.24) is 9.55 Å². The number of phenolic OH excluding ortho intramolecular Hbond substituents is 1. The Morgan fingerprint density at radius 1 is 0.839 bits per heavy atom. The van der Waals surface area contributed by atoms with Crippen molar-refractivity contribution in [3.8, 4) is 5.75 Å². The van der Waals surface area contributed by atoms with E-state index >= 15 is 0 Å². The first-order valence-electron chi connectivity index (χ1n) is 11.7. The SMILES string of the molecule is CCCCCCCCCn1c(NCc2c(O)ccc3ccccc23)nc2ccccc21. The van der Waals surface area contributed by atoms with Gasteiger partial charge in [-0.25, -0.2) is 4.98 Å². The molecule has 2 N–H and O–H groups in total. The zero-order chi connectivity index (χ0) is 21.5. The number of benzene rings is 3. The van der Waals surface area contributed by atoms with Crippen molar-refractivity contribution < 1.29 is 5.11 Å². The van der Waals surface area contributed by atoms with Gasteiger partial charge in [0.15, 0.2) is 0 Å². The highest BCUT2D eigenvalue weighted by Crippen LogP contribution is 2.28. The van der Waals surface area contributed by atoms with E-state index in [9.17, 15) is 5.11 Å². The summed E-state index contributed by atoms with van der Waals surface area (Å²) in [7, 11) is 0. The highest BCUT2D eigenvalue weighted by Gasteiger charge is 2.12. The molecule has 0 bridgehead atoms. The number of nitrogens with one attached hydrogen (secondary N) is 1. The number of aromatic hydroxyl groups is 1. The van der Waals surface area contributed by atoms with E-state index in [2.05, 4.69) is 47.1 Å². The van der Waals surface area contributed by atoms with Crippen LogP contribution >= 0.6 is 0 Å². The Hall–Kier alpha value is -3.01. The monoisotopic (exact) mass is 415 g/mol. The summed E-state index contributed by atoms with van der Waals surface area (Å²) in [4.78, 5) is 4.85. The average molecular weight is 416 g/mol. The first-order valence-corrected chi connectivity index (χ1v) is 11.7. The molecule has 0 atom stereocenters. The summed E-state index contributed by atoms with van der Waals surface area (Å²) in [5, 5.41) is 16.2. The summed E-state index contributed by atoms with van der Waals surface area (Å²) in [6, 6.07) is 20.2. The molecular formula is C27H33N3O. The lowest BCUT2D eigenvalue weighted by Crippen LogP contribution is -2.08. The van der Waals surface area contributed by atoms with Gasteiger partial charge in [-0.15, -0.1) is 0 Å². The number of rotatable bonds is 11. The fourth-order valence-electron chi connectivity index (χ4n) is 4.34. The second kappa shape index (κ2) is 10.3. The predicted molar refractivity (Wildman–Crippen MR) is 131 cm³/mol. The zero-order valence-corrected chi connectivity index (χ0v) is 18.5. The smallest absolute Gasteiger partial charge is 0.204 e. The lowest BCUT2D eigenvalue weighted by Gasteiger charge is -2.13. The molecule has 0 saturated heterocycles. The van der Waals surface area contributed by atoms with Crippen LogP contribution in [0.15, 0.2) is 60.7 Å². The highest BCUT2D eigenvalue weighted by atomic mass is 16.3.